The molecule has 0 fully saturated rings. The topological polar surface area (TPSA) is 76.6 Å². The van der Waals surface area contributed by atoms with Gasteiger partial charge in [0.25, 0.3) is 0 Å². The van der Waals surface area contributed by atoms with Crippen LogP contribution in [0.3, 0.4) is 0 Å². The Kier molecular flexibility index (Phi) is 4.87. The fraction of sp³-hybridized carbons (Fsp3) is 0.357. The minimum Gasteiger partial charge on any atom is -0.497 e. The van der Waals surface area contributed by atoms with Crippen LogP contribution in [0.15, 0.2) is 35.4 Å². The molecular weight excluding hydrogens is 271 g/mol. The van der Waals surface area contributed by atoms with Gasteiger partial charge in [-0.3, -0.25) is 9.13 Å². The molecule has 2 rings (SSSR count). The minimum absolute atomic E-state index is 0.0706. The van der Waals surface area contributed by atoms with Crippen LogP contribution in [-0.2, 0) is 13.1 Å². The third-order valence-electron chi connectivity index (χ3n) is 3.31. The summed E-state index contributed by atoms with van der Waals surface area (Å²) in [6.45, 7) is 3.08. The predicted molar refractivity (Wildman–Crippen MR) is 80.9 cm³/mol. The van der Waals surface area contributed by atoms with E-state index in [0.717, 1.165) is 12.0 Å². The lowest BCUT2D eigenvalue weighted by Crippen LogP contribution is -2.32. The largest absolute Gasteiger partial charge is 0.497 e. The molecule has 0 saturated carbocycles. The van der Waals surface area contributed by atoms with Gasteiger partial charge in [0.15, 0.2) is 0 Å². The molecule has 1 aromatic heterocycles. The summed E-state index contributed by atoms with van der Waals surface area (Å²) < 4.78 is 8.33. The standard InChI is InChI=1S/C14H19BN2O4/c1-3-6-16-7-8-17(14(16)18)10-11-4-5-13(21-2)12(9-11)15(19)20/h4-5,7-9,19-20H,3,6,10H2,1-2H3. The molecule has 0 spiro atoms. The van der Waals surface area contributed by atoms with Gasteiger partial charge in [0, 0.05) is 24.4 Å². The number of aryl methyl sites for hydroxylation is 1. The molecule has 0 atom stereocenters. The summed E-state index contributed by atoms with van der Waals surface area (Å²) in [6, 6.07) is 5.10. The lowest BCUT2D eigenvalue weighted by atomic mass is 9.78. The number of ether oxygens (including phenoxy) is 1. The van der Waals surface area contributed by atoms with Gasteiger partial charge in [0.2, 0.25) is 0 Å². The van der Waals surface area contributed by atoms with Crippen molar-refractivity contribution < 1.29 is 14.8 Å². The fourth-order valence-corrected chi connectivity index (χ4v) is 2.27. The second kappa shape index (κ2) is 6.65. The second-order valence-electron chi connectivity index (χ2n) is 4.85. The molecule has 112 valence electrons. The Morgan fingerprint density at radius 1 is 1.24 bits per heavy atom. The lowest BCUT2D eigenvalue weighted by Gasteiger charge is -2.10. The first-order valence-corrected chi connectivity index (χ1v) is 6.85. The maximum Gasteiger partial charge on any atom is 0.492 e. The summed E-state index contributed by atoms with van der Waals surface area (Å²) >= 11 is 0. The molecule has 2 N–H and O–H groups in total. The Hall–Kier alpha value is -1.99. The molecule has 2 aromatic rings. The van der Waals surface area contributed by atoms with Crippen molar-refractivity contribution in [3.63, 3.8) is 0 Å². The van der Waals surface area contributed by atoms with Crippen LogP contribution < -0.4 is 15.9 Å². The fourth-order valence-electron chi connectivity index (χ4n) is 2.27. The number of methoxy groups -OCH3 is 1. The van der Waals surface area contributed by atoms with Crippen LogP contribution in [0.4, 0.5) is 0 Å². The van der Waals surface area contributed by atoms with E-state index in [1.807, 2.05) is 6.92 Å². The van der Waals surface area contributed by atoms with E-state index in [4.69, 9.17) is 4.74 Å². The first-order valence-electron chi connectivity index (χ1n) is 6.85. The summed E-state index contributed by atoms with van der Waals surface area (Å²) in [5.74, 6) is 0.407. The molecule has 0 saturated heterocycles. The number of benzene rings is 1. The van der Waals surface area contributed by atoms with Crippen LogP contribution >= 0.6 is 0 Å². The van der Waals surface area contributed by atoms with Crippen LogP contribution in [0.5, 0.6) is 5.75 Å². The third kappa shape index (κ3) is 3.37. The smallest absolute Gasteiger partial charge is 0.492 e. The Morgan fingerprint density at radius 2 is 1.95 bits per heavy atom. The van der Waals surface area contributed by atoms with E-state index in [2.05, 4.69) is 0 Å². The van der Waals surface area contributed by atoms with E-state index < -0.39 is 7.12 Å². The monoisotopic (exact) mass is 290 g/mol. The van der Waals surface area contributed by atoms with Gasteiger partial charge >= 0.3 is 12.8 Å². The van der Waals surface area contributed by atoms with E-state index in [-0.39, 0.29) is 11.2 Å². The lowest BCUT2D eigenvalue weighted by molar-refractivity contribution is 0.403. The molecule has 0 bridgehead atoms. The highest BCUT2D eigenvalue weighted by Crippen LogP contribution is 2.10. The normalized spacial score (nSPS) is 10.7. The number of hydrogen-bond acceptors (Lipinski definition) is 4. The average molecular weight is 290 g/mol. The van der Waals surface area contributed by atoms with Gasteiger partial charge in [0.05, 0.1) is 13.7 Å². The third-order valence-corrected chi connectivity index (χ3v) is 3.31. The molecule has 0 aliphatic carbocycles. The number of rotatable bonds is 6. The van der Waals surface area contributed by atoms with Crippen molar-refractivity contribution in [1.29, 1.82) is 0 Å². The first kappa shape index (κ1) is 15.4. The Labute approximate surface area is 123 Å². The van der Waals surface area contributed by atoms with Crippen molar-refractivity contribution in [2.75, 3.05) is 7.11 Å². The van der Waals surface area contributed by atoms with Crippen molar-refractivity contribution >= 4 is 12.6 Å². The minimum atomic E-state index is -1.61. The highest BCUT2D eigenvalue weighted by atomic mass is 16.5. The van der Waals surface area contributed by atoms with E-state index in [9.17, 15) is 14.8 Å². The second-order valence-corrected chi connectivity index (χ2v) is 4.85. The van der Waals surface area contributed by atoms with E-state index in [1.165, 1.54) is 7.11 Å². The summed E-state index contributed by atoms with van der Waals surface area (Å²) in [4.78, 5) is 12.1. The van der Waals surface area contributed by atoms with Crippen molar-refractivity contribution in [2.45, 2.75) is 26.4 Å². The van der Waals surface area contributed by atoms with Crippen LogP contribution in [0.2, 0.25) is 0 Å². The van der Waals surface area contributed by atoms with Gasteiger partial charge in [-0.25, -0.2) is 4.79 Å². The number of hydrogen-bond donors (Lipinski definition) is 2. The van der Waals surface area contributed by atoms with Crippen LogP contribution in [0.1, 0.15) is 18.9 Å². The first-order chi connectivity index (χ1) is 10.1. The van der Waals surface area contributed by atoms with Crippen molar-refractivity contribution in [3.8, 4) is 5.75 Å². The molecular formula is C14H19BN2O4. The quantitative estimate of drug-likeness (QED) is 0.722. The summed E-state index contributed by atoms with van der Waals surface area (Å²) in [5.41, 5.74) is 1.02. The predicted octanol–water partition coefficient (Wildman–Crippen LogP) is -0.204. The summed E-state index contributed by atoms with van der Waals surface area (Å²) in [6.07, 6.45) is 4.39. The van der Waals surface area contributed by atoms with Crippen LogP contribution in [0.25, 0.3) is 0 Å². The molecule has 0 amide bonds. The molecule has 0 unspecified atom stereocenters. The highest BCUT2D eigenvalue weighted by molar-refractivity contribution is 6.59. The Morgan fingerprint density at radius 3 is 2.57 bits per heavy atom. The van der Waals surface area contributed by atoms with Gasteiger partial charge in [-0.15, -0.1) is 0 Å². The zero-order valence-corrected chi connectivity index (χ0v) is 12.2. The van der Waals surface area contributed by atoms with E-state index >= 15 is 0 Å². The molecule has 1 aromatic carbocycles. The molecule has 0 aliphatic rings. The van der Waals surface area contributed by atoms with Crippen molar-refractivity contribution in [1.82, 2.24) is 9.13 Å². The summed E-state index contributed by atoms with van der Waals surface area (Å²) in [5, 5.41) is 18.7. The maximum atomic E-state index is 12.1. The molecule has 0 aliphatic heterocycles. The van der Waals surface area contributed by atoms with Crippen LogP contribution in [-0.4, -0.2) is 33.4 Å². The van der Waals surface area contributed by atoms with Gasteiger partial charge in [-0.05, 0) is 18.1 Å². The maximum absolute atomic E-state index is 12.1. The number of nitrogens with zero attached hydrogens (tertiary/aromatic N) is 2. The van der Waals surface area contributed by atoms with Crippen molar-refractivity contribution in [2.24, 2.45) is 0 Å². The molecule has 7 heteroatoms. The zero-order valence-electron chi connectivity index (χ0n) is 12.2. The molecule has 1 heterocycles. The average Bonchev–Trinajstić information content (AvgIpc) is 2.80. The summed E-state index contributed by atoms with van der Waals surface area (Å²) in [7, 11) is -0.141. The Bertz CT molecular complexity index is 663. The van der Waals surface area contributed by atoms with E-state index in [0.29, 0.717) is 18.8 Å². The van der Waals surface area contributed by atoms with Gasteiger partial charge < -0.3 is 14.8 Å². The van der Waals surface area contributed by atoms with Gasteiger partial charge in [-0.1, -0.05) is 19.1 Å². The molecule has 21 heavy (non-hydrogen) atoms. The zero-order chi connectivity index (χ0) is 15.4. The number of imidazole rings is 1. The van der Waals surface area contributed by atoms with Gasteiger partial charge in [0.1, 0.15) is 5.75 Å². The Balaban J connectivity index is 2.28. The number of aromatic nitrogens is 2. The molecule has 0 radical (unpaired) electrons. The highest BCUT2D eigenvalue weighted by Gasteiger charge is 2.17. The molecule has 6 nitrogen and oxygen atoms in total. The van der Waals surface area contributed by atoms with Crippen LogP contribution in [0, 0.1) is 0 Å². The SMILES string of the molecule is CCCn1ccn(Cc2ccc(OC)c(B(O)O)c2)c1=O. The van der Waals surface area contributed by atoms with Crippen molar-refractivity contribution in [3.05, 3.63) is 46.6 Å². The van der Waals surface area contributed by atoms with E-state index in [1.54, 1.807) is 39.7 Å². The van der Waals surface area contributed by atoms with Gasteiger partial charge in [-0.2, -0.15) is 0 Å².